The molecule has 0 aromatic rings. The first kappa shape index (κ1) is 11.4. The normalized spacial score (nSPS) is 24.6. The van der Waals surface area contributed by atoms with Gasteiger partial charge in [0.15, 0.2) is 0 Å². The molecule has 2 aliphatic heterocycles. The maximum absolute atomic E-state index is 12.6. The molecule has 0 spiro atoms. The minimum atomic E-state index is -0.711. The number of carbonyl (C=O) groups excluding carboxylic acids is 1. The number of hydrogen-bond acceptors (Lipinski definition) is 6. The van der Waals surface area contributed by atoms with Gasteiger partial charge in [-0.1, -0.05) is 0 Å². The van der Waals surface area contributed by atoms with Crippen LogP contribution >= 0.6 is 0 Å². The summed E-state index contributed by atoms with van der Waals surface area (Å²) in [6.07, 6.45) is -0.711. The lowest BCUT2D eigenvalue weighted by Crippen LogP contribution is -2.35. The Bertz CT molecular complexity index is 454. The number of Topliss-reactive ketones (excluding diaryl/α,β-unsaturated/α-hetero) is 1. The first-order valence-electron chi connectivity index (χ1n) is 5.99. The standard InChI is InChI=1S/C12H18N4O2/c1-13-5-14(2)8-7(13)11(17)9-10(12(8)18)16(4)6-15(9)3/h11,17H,5-6H2,1-4H3. The van der Waals surface area contributed by atoms with Crippen molar-refractivity contribution >= 4 is 5.78 Å². The Morgan fingerprint density at radius 3 is 1.67 bits per heavy atom. The van der Waals surface area contributed by atoms with Crippen molar-refractivity contribution in [2.75, 3.05) is 41.5 Å². The number of likely N-dealkylation sites (N-methyl/N-ethyl adjacent to an activating group) is 4. The predicted molar refractivity (Wildman–Crippen MR) is 65.9 cm³/mol. The molecule has 0 saturated carbocycles. The third-order valence-electron chi connectivity index (χ3n) is 3.87. The van der Waals surface area contributed by atoms with E-state index in [-0.39, 0.29) is 5.78 Å². The van der Waals surface area contributed by atoms with E-state index in [1.165, 1.54) is 0 Å². The third-order valence-corrected chi connectivity index (χ3v) is 3.87. The van der Waals surface area contributed by atoms with Crippen molar-refractivity contribution in [2.24, 2.45) is 0 Å². The molecule has 0 saturated heterocycles. The average Bonchev–Trinajstić information content (AvgIpc) is 2.73. The summed E-state index contributed by atoms with van der Waals surface area (Å²) in [6.45, 7) is 1.28. The Labute approximate surface area is 106 Å². The smallest absolute Gasteiger partial charge is 0.228 e. The second-order valence-corrected chi connectivity index (χ2v) is 5.27. The maximum Gasteiger partial charge on any atom is 0.228 e. The number of aliphatic hydroxyl groups is 1. The molecule has 0 aromatic heterocycles. The molecular formula is C12H18N4O2. The number of aliphatic hydroxyl groups excluding tert-OH is 1. The van der Waals surface area contributed by atoms with Gasteiger partial charge in [0, 0.05) is 28.2 Å². The molecule has 3 rings (SSSR count). The van der Waals surface area contributed by atoms with Crippen molar-refractivity contribution in [1.82, 2.24) is 19.6 Å². The summed E-state index contributed by atoms with van der Waals surface area (Å²) in [4.78, 5) is 20.3. The SMILES string of the molecule is CN1CN(C)C2=C1C(=O)C1=C(C2O)N(C)CN1C. The van der Waals surface area contributed by atoms with Crippen molar-refractivity contribution in [3.8, 4) is 0 Å². The quantitative estimate of drug-likeness (QED) is 0.596. The Balaban J connectivity index is 2.14. The number of rotatable bonds is 0. The molecule has 0 fully saturated rings. The largest absolute Gasteiger partial charge is 0.380 e. The number of carbonyl (C=O) groups is 1. The van der Waals surface area contributed by atoms with Crippen molar-refractivity contribution < 1.29 is 9.90 Å². The van der Waals surface area contributed by atoms with Crippen molar-refractivity contribution in [3.63, 3.8) is 0 Å². The molecule has 1 aliphatic carbocycles. The fourth-order valence-electron chi connectivity index (χ4n) is 3.18. The van der Waals surface area contributed by atoms with Crippen LogP contribution in [-0.4, -0.2) is 78.1 Å². The van der Waals surface area contributed by atoms with E-state index >= 15 is 0 Å². The van der Waals surface area contributed by atoms with E-state index < -0.39 is 6.10 Å². The van der Waals surface area contributed by atoms with Crippen LogP contribution in [0.3, 0.4) is 0 Å². The highest BCUT2D eigenvalue weighted by molar-refractivity contribution is 6.10. The van der Waals surface area contributed by atoms with E-state index in [1.807, 2.05) is 47.8 Å². The molecule has 0 radical (unpaired) electrons. The summed E-state index contributed by atoms with van der Waals surface area (Å²) in [7, 11) is 7.57. The Morgan fingerprint density at radius 1 is 0.889 bits per heavy atom. The summed E-state index contributed by atoms with van der Waals surface area (Å²) >= 11 is 0. The molecule has 0 aromatic carbocycles. The second-order valence-electron chi connectivity index (χ2n) is 5.27. The molecule has 1 N–H and O–H groups in total. The molecule has 2 heterocycles. The van der Waals surface area contributed by atoms with Crippen molar-refractivity contribution in [3.05, 3.63) is 22.8 Å². The van der Waals surface area contributed by atoms with Gasteiger partial charge in [-0.3, -0.25) is 4.79 Å². The molecule has 0 amide bonds. The molecule has 6 nitrogen and oxygen atoms in total. The van der Waals surface area contributed by atoms with Crippen molar-refractivity contribution in [2.45, 2.75) is 6.10 Å². The van der Waals surface area contributed by atoms with E-state index in [1.54, 1.807) is 0 Å². The Morgan fingerprint density at radius 2 is 1.28 bits per heavy atom. The lowest BCUT2D eigenvalue weighted by Gasteiger charge is -2.28. The van der Waals surface area contributed by atoms with Gasteiger partial charge < -0.3 is 24.7 Å². The molecule has 98 valence electrons. The van der Waals surface area contributed by atoms with Gasteiger partial charge in [-0.2, -0.15) is 0 Å². The summed E-state index contributed by atoms with van der Waals surface area (Å²) < 4.78 is 0. The van der Waals surface area contributed by atoms with Crippen molar-refractivity contribution in [1.29, 1.82) is 0 Å². The Hall–Kier alpha value is -1.69. The van der Waals surface area contributed by atoms with E-state index in [9.17, 15) is 9.90 Å². The number of nitrogens with zero attached hydrogens (tertiary/aromatic N) is 4. The predicted octanol–water partition coefficient (Wildman–Crippen LogP) is -0.977. The highest BCUT2D eigenvalue weighted by atomic mass is 16.3. The summed E-state index contributed by atoms with van der Waals surface area (Å²) in [6, 6.07) is 0. The average molecular weight is 250 g/mol. The van der Waals surface area contributed by atoms with Gasteiger partial charge in [-0.05, 0) is 0 Å². The molecule has 0 bridgehead atoms. The first-order valence-corrected chi connectivity index (χ1v) is 5.99. The highest BCUT2D eigenvalue weighted by Crippen LogP contribution is 2.39. The zero-order chi connectivity index (χ0) is 13.2. The molecule has 0 atom stereocenters. The molecule has 6 heteroatoms. The van der Waals surface area contributed by atoms with Crippen LogP contribution in [0, 0.1) is 0 Å². The van der Waals surface area contributed by atoms with Crippen LogP contribution < -0.4 is 0 Å². The highest BCUT2D eigenvalue weighted by Gasteiger charge is 2.46. The van der Waals surface area contributed by atoms with Crippen LogP contribution in [0.25, 0.3) is 0 Å². The van der Waals surface area contributed by atoms with Crippen LogP contribution in [0.4, 0.5) is 0 Å². The fourth-order valence-corrected chi connectivity index (χ4v) is 3.18. The van der Waals surface area contributed by atoms with Crippen LogP contribution in [0.5, 0.6) is 0 Å². The minimum absolute atomic E-state index is 0.0176. The zero-order valence-electron chi connectivity index (χ0n) is 11.1. The van der Waals surface area contributed by atoms with E-state index in [4.69, 9.17) is 0 Å². The van der Waals surface area contributed by atoms with E-state index in [0.717, 1.165) is 11.4 Å². The van der Waals surface area contributed by atoms with E-state index in [2.05, 4.69) is 0 Å². The molecular weight excluding hydrogens is 232 g/mol. The number of ketones is 1. The summed E-state index contributed by atoms with van der Waals surface area (Å²) in [5.41, 5.74) is 2.71. The van der Waals surface area contributed by atoms with Gasteiger partial charge in [-0.25, -0.2) is 0 Å². The fraction of sp³-hybridized carbons (Fsp3) is 0.583. The lowest BCUT2D eigenvalue weighted by molar-refractivity contribution is -0.114. The maximum atomic E-state index is 12.6. The number of hydrogen-bond donors (Lipinski definition) is 1. The summed E-state index contributed by atoms with van der Waals surface area (Å²) in [5, 5.41) is 10.5. The third kappa shape index (κ3) is 1.18. The summed E-state index contributed by atoms with van der Waals surface area (Å²) in [5.74, 6) is 0.0176. The minimum Gasteiger partial charge on any atom is -0.380 e. The van der Waals surface area contributed by atoms with Gasteiger partial charge in [-0.15, -0.1) is 0 Å². The lowest BCUT2D eigenvalue weighted by atomic mass is 9.98. The van der Waals surface area contributed by atoms with Gasteiger partial charge in [0.25, 0.3) is 0 Å². The van der Waals surface area contributed by atoms with Crippen LogP contribution in [0.1, 0.15) is 0 Å². The van der Waals surface area contributed by atoms with Gasteiger partial charge in [0.2, 0.25) is 5.78 Å². The molecule has 18 heavy (non-hydrogen) atoms. The van der Waals surface area contributed by atoms with Crippen LogP contribution in [-0.2, 0) is 4.79 Å². The monoisotopic (exact) mass is 250 g/mol. The molecule has 0 unspecified atom stereocenters. The topological polar surface area (TPSA) is 50.3 Å². The first-order chi connectivity index (χ1) is 8.43. The Kier molecular flexibility index (Phi) is 2.16. The second kappa shape index (κ2) is 3.41. The van der Waals surface area contributed by atoms with Gasteiger partial charge in [0.05, 0.1) is 24.7 Å². The van der Waals surface area contributed by atoms with Gasteiger partial charge >= 0.3 is 0 Å². The van der Waals surface area contributed by atoms with E-state index in [0.29, 0.717) is 24.7 Å². The van der Waals surface area contributed by atoms with Gasteiger partial charge in [0.1, 0.15) is 17.5 Å². The van der Waals surface area contributed by atoms with Crippen LogP contribution in [0.15, 0.2) is 22.8 Å². The van der Waals surface area contributed by atoms with Crippen LogP contribution in [0.2, 0.25) is 0 Å². The molecule has 3 aliphatic rings. The zero-order valence-corrected chi connectivity index (χ0v) is 11.1.